The molecule has 11 rings (SSSR count). The lowest BCUT2D eigenvalue weighted by molar-refractivity contribution is 0.668. The Labute approximate surface area is 322 Å². The third-order valence-electron chi connectivity index (χ3n) is 12.2. The summed E-state index contributed by atoms with van der Waals surface area (Å²) in [6.45, 7) is 4.82. The summed E-state index contributed by atoms with van der Waals surface area (Å²) in [5.41, 5.74) is 15.4. The first-order valence-corrected chi connectivity index (χ1v) is 19.3. The summed E-state index contributed by atoms with van der Waals surface area (Å²) >= 11 is 0. The maximum atomic E-state index is 2.43. The van der Waals surface area contributed by atoms with Gasteiger partial charge in [0.1, 0.15) is 0 Å². The van der Waals surface area contributed by atoms with Crippen LogP contribution in [-0.2, 0) is 5.41 Å². The van der Waals surface area contributed by atoms with Gasteiger partial charge < -0.3 is 0 Å². The molecule has 0 saturated carbocycles. The van der Waals surface area contributed by atoms with Crippen LogP contribution in [0.3, 0.4) is 0 Å². The van der Waals surface area contributed by atoms with Crippen LogP contribution in [0.25, 0.3) is 98.7 Å². The van der Waals surface area contributed by atoms with Gasteiger partial charge in [0.2, 0.25) is 0 Å². The van der Waals surface area contributed by atoms with Crippen molar-refractivity contribution in [3.05, 3.63) is 205 Å². The Hall–Kier alpha value is -6.76. The van der Waals surface area contributed by atoms with Crippen LogP contribution >= 0.6 is 0 Å². The molecule has 0 aliphatic heterocycles. The Balaban J connectivity index is 1.09. The third-order valence-corrected chi connectivity index (χ3v) is 12.2. The molecule has 55 heavy (non-hydrogen) atoms. The van der Waals surface area contributed by atoms with Crippen molar-refractivity contribution in [1.29, 1.82) is 0 Å². The summed E-state index contributed by atoms with van der Waals surface area (Å²) in [4.78, 5) is 0. The Kier molecular flexibility index (Phi) is 7.00. The number of fused-ring (bicyclic) bond motifs is 8. The molecule has 0 N–H and O–H groups in total. The average Bonchev–Trinajstić information content (AvgIpc) is 3.49. The van der Waals surface area contributed by atoms with Crippen molar-refractivity contribution in [3.63, 3.8) is 0 Å². The van der Waals surface area contributed by atoms with Crippen LogP contribution in [0.2, 0.25) is 0 Å². The lowest BCUT2D eigenvalue weighted by atomic mass is 9.77. The Bertz CT molecular complexity index is 3120. The third kappa shape index (κ3) is 4.85. The van der Waals surface area contributed by atoms with Crippen molar-refractivity contribution < 1.29 is 0 Å². The van der Waals surface area contributed by atoms with Gasteiger partial charge in [-0.15, -0.1) is 0 Å². The lowest BCUT2D eigenvalue weighted by Crippen LogP contribution is -2.16. The van der Waals surface area contributed by atoms with Crippen LogP contribution in [-0.4, -0.2) is 0 Å². The highest BCUT2D eigenvalue weighted by Crippen LogP contribution is 2.54. The van der Waals surface area contributed by atoms with E-state index in [1.807, 2.05) is 0 Å². The van der Waals surface area contributed by atoms with Crippen molar-refractivity contribution in [3.8, 4) is 55.6 Å². The van der Waals surface area contributed by atoms with Gasteiger partial charge in [-0.05, 0) is 128 Å². The minimum Gasteiger partial charge on any atom is -0.0616 e. The highest BCUT2D eigenvalue weighted by atomic mass is 14.4. The largest absolute Gasteiger partial charge is 0.0616 e. The fraction of sp³-hybridized carbons (Fsp3) is 0.0545. The van der Waals surface area contributed by atoms with E-state index in [1.54, 1.807) is 0 Å². The van der Waals surface area contributed by atoms with Gasteiger partial charge in [0, 0.05) is 5.41 Å². The van der Waals surface area contributed by atoms with E-state index in [9.17, 15) is 0 Å². The molecule has 0 saturated heterocycles. The molecular weight excluding hydrogens is 661 g/mol. The molecule has 0 heterocycles. The van der Waals surface area contributed by atoms with Gasteiger partial charge in [0.05, 0.1) is 0 Å². The van der Waals surface area contributed by atoms with Gasteiger partial charge in [-0.1, -0.05) is 190 Å². The normalized spacial score (nSPS) is 13.1. The number of benzene rings is 10. The van der Waals surface area contributed by atoms with E-state index in [4.69, 9.17) is 0 Å². The summed E-state index contributed by atoms with van der Waals surface area (Å²) in [5, 5.41) is 10.2. The minimum absolute atomic E-state index is 0.152. The maximum Gasteiger partial charge on any atom is 0.0171 e. The van der Waals surface area contributed by atoms with Gasteiger partial charge in [-0.25, -0.2) is 0 Å². The first-order valence-electron chi connectivity index (χ1n) is 19.3. The van der Waals surface area contributed by atoms with Crippen LogP contribution in [0.1, 0.15) is 25.0 Å². The maximum absolute atomic E-state index is 2.43. The van der Waals surface area contributed by atoms with Crippen LogP contribution < -0.4 is 0 Å². The second-order valence-corrected chi connectivity index (χ2v) is 15.6. The van der Waals surface area contributed by atoms with E-state index in [2.05, 4.69) is 208 Å². The second-order valence-electron chi connectivity index (χ2n) is 15.6. The number of hydrogen-bond acceptors (Lipinski definition) is 0. The number of rotatable bonds is 4. The van der Waals surface area contributed by atoms with E-state index in [1.165, 1.54) is 110 Å². The highest BCUT2D eigenvalue weighted by Gasteiger charge is 2.38. The molecule has 258 valence electrons. The quantitative estimate of drug-likeness (QED) is 0.161. The Morgan fingerprint density at radius 3 is 1.40 bits per heavy atom. The first kappa shape index (κ1) is 31.7. The predicted octanol–water partition coefficient (Wildman–Crippen LogP) is 15.3. The van der Waals surface area contributed by atoms with Crippen molar-refractivity contribution in [2.75, 3.05) is 0 Å². The van der Waals surface area contributed by atoms with Gasteiger partial charge in [0.15, 0.2) is 0 Å². The fourth-order valence-electron chi connectivity index (χ4n) is 9.80. The van der Waals surface area contributed by atoms with Crippen molar-refractivity contribution in [2.45, 2.75) is 19.3 Å². The van der Waals surface area contributed by atoms with Crippen molar-refractivity contribution in [2.24, 2.45) is 0 Å². The summed E-state index contributed by atoms with van der Waals surface area (Å²) < 4.78 is 0. The molecule has 0 nitrogen and oxygen atoms in total. The molecule has 0 unspecified atom stereocenters. The van der Waals surface area contributed by atoms with E-state index in [-0.39, 0.29) is 5.41 Å². The van der Waals surface area contributed by atoms with E-state index < -0.39 is 0 Å². The molecule has 10 aromatic rings. The van der Waals surface area contributed by atoms with Gasteiger partial charge >= 0.3 is 0 Å². The molecule has 0 amide bonds. The number of hydrogen-bond donors (Lipinski definition) is 0. The van der Waals surface area contributed by atoms with Gasteiger partial charge in [-0.3, -0.25) is 0 Å². The molecule has 1 aliphatic carbocycles. The first-order chi connectivity index (χ1) is 27.0. The zero-order chi connectivity index (χ0) is 36.7. The Morgan fingerprint density at radius 2 is 0.727 bits per heavy atom. The van der Waals surface area contributed by atoms with E-state index in [0.29, 0.717) is 0 Å². The summed E-state index contributed by atoms with van der Waals surface area (Å²) in [6.07, 6.45) is 0. The zero-order valence-corrected chi connectivity index (χ0v) is 31.0. The van der Waals surface area contributed by atoms with Crippen LogP contribution in [0.5, 0.6) is 0 Å². The summed E-state index contributed by atoms with van der Waals surface area (Å²) in [7, 11) is 0. The molecule has 1 aliphatic rings. The summed E-state index contributed by atoms with van der Waals surface area (Å²) in [5.74, 6) is 0. The average molecular weight is 699 g/mol. The second kappa shape index (κ2) is 12.1. The molecule has 0 aromatic heterocycles. The molecule has 10 aromatic carbocycles. The molecule has 0 spiro atoms. The van der Waals surface area contributed by atoms with Crippen LogP contribution in [0.15, 0.2) is 194 Å². The molecule has 0 bridgehead atoms. The van der Waals surface area contributed by atoms with Gasteiger partial charge in [-0.2, -0.15) is 0 Å². The molecule has 0 fully saturated rings. The topological polar surface area (TPSA) is 0 Å². The van der Waals surface area contributed by atoms with E-state index in [0.717, 1.165) is 0 Å². The van der Waals surface area contributed by atoms with Crippen LogP contribution in [0, 0.1) is 0 Å². The lowest BCUT2D eigenvalue weighted by Gasteiger charge is -2.26. The molecule has 0 atom stereocenters. The zero-order valence-electron chi connectivity index (χ0n) is 31.0. The summed E-state index contributed by atoms with van der Waals surface area (Å²) in [6, 6.07) is 72.1. The highest BCUT2D eigenvalue weighted by molar-refractivity contribution is 6.21. The van der Waals surface area contributed by atoms with Crippen molar-refractivity contribution >= 4 is 43.1 Å². The SMILES string of the molecule is CC1(C)c2c(-c3cccc(-c4c5ccccc5c(-c5cccc(-c6ccc7ccccc7c6)c5)c5ccccc45)c3)cccc2-c2ccc3ccccc3c21. The molecule has 0 radical (unpaired) electrons. The van der Waals surface area contributed by atoms with Crippen LogP contribution in [0.4, 0.5) is 0 Å². The standard InChI is InChI=1S/C55H38/c1-55(2)53-43-21-6-5-15-36(43)30-31-50(53)49-27-13-26-44(54(49)55)40-18-12-20-42(34-40)52-47-24-9-7-22-45(47)51(46-23-8-10-25-48(46)52)41-19-11-17-38(33-41)39-29-28-35-14-3-4-16-37(35)32-39/h3-34H,1-2H3. The Morgan fingerprint density at radius 1 is 0.273 bits per heavy atom. The molecular formula is C55H38. The minimum atomic E-state index is -0.152. The predicted molar refractivity (Wildman–Crippen MR) is 236 cm³/mol. The van der Waals surface area contributed by atoms with E-state index >= 15 is 0 Å². The fourth-order valence-corrected chi connectivity index (χ4v) is 9.80. The van der Waals surface area contributed by atoms with Crippen molar-refractivity contribution in [1.82, 2.24) is 0 Å². The van der Waals surface area contributed by atoms with Gasteiger partial charge in [0.25, 0.3) is 0 Å². The smallest absolute Gasteiger partial charge is 0.0171 e. The molecule has 0 heteroatoms. The monoisotopic (exact) mass is 698 g/mol.